The first kappa shape index (κ1) is 10.5. The number of carbonyl (C=O) groups is 1. The number of nitrogen functional groups attached to an aromatic ring is 1. The molecule has 2 rings (SSSR count). The first-order valence-corrected chi connectivity index (χ1v) is 5.36. The monoisotopic (exact) mass is 235 g/mol. The van der Waals surface area contributed by atoms with Crippen molar-refractivity contribution < 1.29 is 4.79 Å². The lowest BCUT2D eigenvalue weighted by molar-refractivity contribution is 0.102. The van der Waals surface area contributed by atoms with Gasteiger partial charge in [0.05, 0.1) is 5.69 Å². The lowest BCUT2D eigenvalue weighted by atomic mass is 10.3. The van der Waals surface area contributed by atoms with Gasteiger partial charge in [-0.05, 0) is 19.1 Å². The van der Waals surface area contributed by atoms with Gasteiger partial charge in [0, 0.05) is 5.38 Å². The molecule has 7 heteroatoms. The van der Waals surface area contributed by atoms with E-state index in [9.17, 15) is 4.79 Å². The number of nitrogens with one attached hydrogen (secondary N) is 1. The van der Waals surface area contributed by atoms with Gasteiger partial charge in [-0.3, -0.25) is 10.1 Å². The summed E-state index contributed by atoms with van der Waals surface area (Å²) in [5.41, 5.74) is 6.44. The van der Waals surface area contributed by atoms with Crippen LogP contribution in [-0.4, -0.2) is 21.1 Å². The molecule has 0 unspecified atom stereocenters. The normalized spacial score (nSPS) is 10.1. The minimum atomic E-state index is -0.346. The fourth-order valence-electron chi connectivity index (χ4n) is 1.04. The fraction of sp³-hybridized carbons (Fsp3) is 0.111. The molecule has 2 heterocycles. The summed E-state index contributed by atoms with van der Waals surface area (Å²) in [7, 11) is 0. The van der Waals surface area contributed by atoms with Gasteiger partial charge in [0.15, 0.2) is 10.8 Å². The first-order chi connectivity index (χ1) is 7.65. The summed E-state index contributed by atoms with van der Waals surface area (Å²) < 4.78 is 0. The molecule has 0 aliphatic carbocycles. The zero-order valence-corrected chi connectivity index (χ0v) is 9.28. The van der Waals surface area contributed by atoms with E-state index >= 15 is 0 Å². The number of thiazole rings is 1. The number of anilines is 2. The van der Waals surface area contributed by atoms with E-state index in [1.807, 2.05) is 12.3 Å². The number of amides is 1. The zero-order chi connectivity index (χ0) is 11.5. The predicted molar refractivity (Wildman–Crippen MR) is 61.2 cm³/mol. The maximum absolute atomic E-state index is 11.6. The van der Waals surface area contributed by atoms with Crippen molar-refractivity contribution in [3.63, 3.8) is 0 Å². The van der Waals surface area contributed by atoms with E-state index in [1.165, 1.54) is 23.5 Å². The average Bonchev–Trinajstić information content (AvgIpc) is 2.65. The number of aromatic nitrogens is 3. The van der Waals surface area contributed by atoms with Crippen molar-refractivity contribution in [2.45, 2.75) is 6.92 Å². The van der Waals surface area contributed by atoms with Gasteiger partial charge in [0.1, 0.15) is 5.82 Å². The standard InChI is InChI=1S/C9H9N5OS/c1-5-4-16-9(11-5)12-8(15)6-2-3-7(10)14-13-6/h2-4H,1H3,(H2,10,14)(H,11,12,15). The van der Waals surface area contributed by atoms with Crippen LogP contribution in [0.1, 0.15) is 16.2 Å². The predicted octanol–water partition coefficient (Wildman–Crippen LogP) is 1.08. The van der Waals surface area contributed by atoms with Gasteiger partial charge in [0.25, 0.3) is 5.91 Å². The lowest BCUT2D eigenvalue weighted by Gasteiger charge is -1.99. The number of nitrogens with zero attached hydrogens (tertiary/aromatic N) is 3. The van der Waals surface area contributed by atoms with Gasteiger partial charge in [-0.15, -0.1) is 21.5 Å². The second kappa shape index (κ2) is 4.23. The number of hydrogen-bond donors (Lipinski definition) is 2. The number of hydrogen-bond acceptors (Lipinski definition) is 6. The van der Waals surface area contributed by atoms with Crippen LogP contribution >= 0.6 is 11.3 Å². The highest BCUT2D eigenvalue weighted by Crippen LogP contribution is 2.15. The van der Waals surface area contributed by atoms with Crippen molar-refractivity contribution in [1.29, 1.82) is 0 Å². The average molecular weight is 235 g/mol. The molecule has 0 saturated heterocycles. The van der Waals surface area contributed by atoms with E-state index < -0.39 is 0 Å². The van der Waals surface area contributed by atoms with Crippen LogP contribution in [0, 0.1) is 6.92 Å². The summed E-state index contributed by atoms with van der Waals surface area (Å²) in [4.78, 5) is 15.8. The van der Waals surface area contributed by atoms with Crippen LogP contribution in [0.15, 0.2) is 17.5 Å². The molecule has 2 aromatic rings. The van der Waals surface area contributed by atoms with Gasteiger partial charge in [-0.1, -0.05) is 0 Å². The van der Waals surface area contributed by atoms with Gasteiger partial charge >= 0.3 is 0 Å². The largest absolute Gasteiger partial charge is 0.382 e. The van der Waals surface area contributed by atoms with Gasteiger partial charge < -0.3 is 5.73 Å². The quantitative estimate of drug-likeness (QED) is 0.812. The Morgan fingerprint density at radius 3 is 2.81 bits per heavy atom. The van der Waals surface area contributed by atoms with Crippen LogP contribution < -0.4 is 11.1 Å². The van der Waals surface area contributed by atoms with Gasteiger partial charge in [0.2, 0.25) is 0 Å². The highest BCUT2D eigenvalue weighted by molar-refractivity contribution is 7.13. The maximum atomic E-state index is 11.6. The smallest absolute Gasteiger partial charge is 0.277 e. The van der Waals surface area contributed by atoms with E-state index in [0.29, 0.717) is 5.13 Å². The van der Waals surface area contributed by atoms with Crippen LogP contribution in [0.3, 0.4) is 0 Å². The van der Waals surface area contributed by atoms with E-state index in [1.54, 1.807) is 0 Å². The van der Waals surface area contributed by atoms with Crippen LogP contribution in [0.5, 0.6) is 0 Å². The minimum Gasteiger partial charge on any atom is -0.382 e. The molecule has 0 aliphatic rings. The highest BCUT2D eigenvalue weighted by Gasteiger charge is 2.09. The van der Waals surface area contributed by atoms with E-state index in [2.05, 4.69) is 20.5 Å². The topological polar surface area (TPSA) is 93.8 Å². The molecule has 0 radical (unpaired) electrons. The molecule has 3 N–H and O–H groups in total. The maximum Gasteiger partial charge on any atom is 0.277 e. The molecule has 0 bridgehead atoms. The van der Waals surface area contributed by atoms with E-state index in [-0.39, 0.29) is 17.4 Å². The highest BCUT2D eigenvalue weighted by atomic mass is 32.1. The summed E-state index contributed by atoms with van der Waals surface area (Å²) in [6, 6.07) is 3.03. The summed E-state index contributed by atoms with van der Waals surface area (Å²) in [6.45, 7) is 1.86. The Hall–Kier alpha value is -2.02. The Morgan fingerprint density at radius 1 is 1.44 bits per heavy atom. The molecule has 0 aromatic carbocycles. The summed E-state index contributed by atoms with van der Waals surface area (Å²) >= 11 is 1.36. The summed E-state index contributed by atoms with van der Waals surface area (Å²) in [6.07, 6.45) is 0. The van der Waals surface area contributed by atoms with Gasteiger partial charge in [-0.25, -0.2) is 4.98 Å². The lowest BCUT2D eigenvalue weighted by Crippen LogP contribution is -2.14. The van der Waals surface area contributed by atoms with Crippen molar-refractivity contribution in [2.24, 2.45) is 0 Å². The van der Waals surface area contributed by atoms with Crippen molar-refractivity contribution >= 4 is 28.2 Å². The van der Waals surface area contributed by atoms with Crippen molar-refractivity contribution in [3.05, 3.63) is 28.9 Å². The SMILES string of the molecule is Cc1csc(NC(=O)c2ccc(N)nn2)n1. The Morgan fingerprint density at radius 2 is 2.25 bits per heavy atom. The Balaban J connectivity index is 2.11. The third-order valence-electron chi connectivity index (χ3n) is 1.76. The zero-order valence-electron chi connectivity index (χ0n) is 8.47. The first-order valence-electron chi connectivity index (χ1n) is 4.48. The molecule has 1 amide bonds. The number of nitrogens with two attached hydrogens (primary N) is 1. The van der Waals surface area contributed by atoms with Crippen LogP contribution in [0.2, 0.25) is 0 Å². The molecular weight excluding hydrogens is 226 g/mol. The molecule has 16 heavy (non-hydrogen) atoms. The fourth-order valence-corrected chi connectivity index (χ4v) is 1.72. The molecule has 0 aliphatic heterocycles. The summed E-state index contributed by atoms with van der Waals surface area (Å²) in [5.74, 6) is -0.0662. The molecule has 6 nitrogen and oxygen atoms in total. The third kappa shape index (κ3) is 2.31. The Labute approximate surface area is 95.5 Å². The van der Waals surface area contributed by atoms with Crippen molar-refractivity contribution in [1.82, 2.24) is 15.2 Å². The molecule has 0 fully saturated rings. The second-order valence-corrected chi connectivity index (χ2v) is 3.95. The number of rotatable bonds is 2. The molecule has 82 valence electrons. The van der Waals surface area contributed by atoms with Crippen molar-refractivity contribution in [3.8, 4) is 0 Å². The molecular formula is C9H9N5OS. The second-order valence-electron chi connectivity index (χ2n) is 3.09. The third-order valence-corrected chi connectivity index (χ3v) is 2.63. The summed E-state index contributed by atoms with van der Waals surface area (Å²) in [5, 5.41) is 12.3. The number of carbonyl (C=O) groups excluding carboxylic acids is 1. The molecule has 0 atom stereocenters. The molecule has 0 spiro atoms. The van der Waals surface area contributed by atoms with E-state index in [0.717, 1.165) is 5.69 Å². The molecule has 0 saturated carbocycles. The number of aryl methyl sites for hydroxylation is 1. The van der Waals surface area contributed by atoms with Crippen LogP contribution in [0.4, 0.5) is 10.9 Å². The van der Waals surface area contributed by atoms with Gasteiger partial charge in [-0.2, -0.15) is 0 Å². The van der Waals surface area contributed by atoms with Crippen LogP contribution in [0.25, 0.3) is 0 Å². The van der Waals surface area contributed by atoms with E-state index in [4.69, 9.17) is 5.73 Å². The Kier molecular flexibility index (Phi) is 2.78. The minimum absolute atomic E-state index is 0.210. The van der Waals surface area contributed by atoms with Crippen molar-refractivity contribution in [2.75, 3.05) is 11.1 Å². The molecule has 2 aromatic heterocycles. The Bertz CT molecular complexity index is 507. The van der Waals surface area contributed by atoms with Crippen LogP contribution in [-0.2, 0) is 0 Å².